The third-order valence-electron chi connectivity index (χ3n) is 3.02. The highest BCUT2D eigenvalue weighted by atomic mass is 15.3. The lowest BCUT2D eigenvalue weighted by molar-refractivity contribution is 0.425. The van der Waals surface area contributed by atoms with Crippen molar-refractivity contribution in [2.45, 2.75) is 25.7 Å². The first-order chi connectivity index (χ1) is 6.31. The number of aromatic nitrogens is 2. The monoisotopic (exact) mass is 179 g/mol. The smallest absolute Gasteiger partial charge is 0.0524 e. The molecular formula is C10H17N3. The van der Waals surface area contributed by atoms with Gasteiger partial charge in [-0.05, 0) is 43.7 Å². The molecule has 0 saturated carbocycles. The van der Waals surface area contributed by atoms with Crippen LogP contribution in [0.25, 0.3) is 0 Å². The first-order valence-electron chi connectivity index (χ1n) is 5.01. The lowest BCUT2D eigenvalue weighted by atomic mass is 9.86. The fourth-order valence-corrected chi connectivity index (χ4v) is 2.24. The zero-order valence-electron chi connectivity index (χ0n) is 8.16. The second-order valence-electron chi connectivity index (χ2n) is 3.93. The molecule has 0 fully saturated rings. The Balaban J connectivity index is 2.11. The largest absolute Gasteiger partial charge is 0.330 e. The van der Waals surface area contributed by atoms with Gasteiger partial charge in [-0.2, -0.15) is 5.10 Å². The zero-order valence-corrected chi connectivity index (χ0v) is 8.16. The molecule has 0 amide bonds. The van der Waals surface area contributed by atoms with E-state index in [9.17, 15) is 0 Å². The second kappa shape index (κ2) is 3.50. The molecule has 3 nitrogen and oxygen atoms in total. The predicted molar refractivity (Wildman–Crippen MR) is 52.4 cm³/mol. The van der Waals surface area contributed by atoms with Crippen molar-refractivity contribution in [3.63, 3.8) is 0 Å². The van der Waals surface area contributed by atoms with Crippen LogP contribution in [-0.4, -0.2) is 16.3 Å². The standard InChI is InChI=1S/C10H17N3/c1-13-10-3-2-8(4-5-11)6-9(10)7-12-13/h7-8H,2-6,11H2,1H3. The number of nitrogens with two attached hydrogens (primary N) is 1. The van der Waals surface area contributed by atoms with Crippen LogP contribution in [0, 0.1) is 5.92 Å². The molecule has 2 rings (SSSR count). The fourth-order valence-electron chi connectivity index (χ4n) is 2.24. The van der Waals surface area contributed by atoms with Crippen molar-refractivity contribution in [1.82, 2.24) is 9.78 Å². The van der Waals surface area contributed by atoms with E-state index in [0.717, 1.165) is 18.9 Å². The molecule has 13 heavy (non-hydrogen) atoms. The maximum absolute atomic E-state index is 5.56. The molecule has 2 N–H and O–H groups in total. The van der Waals surface area contributed by atoms with E-state index in [1.807, 2.05) is 17.9 Å². The van der Waals surface area contributed by atoms with Crippen molar-refractivity contribution in [1.29, 1.82) is 0 Å². The number of nitrogens with zero attached hydrogens (tertiary/aromatic N) is 2. The van der Waals surface area contributed by atoms with Crippen molar-refractivity contribution in [3.05, 3.63) is 17.5 Å². The summed E-state index contributed by atoms with van der Waals surface area (Å²) in [7, 11) is 2.03. The normalized spacial score (nSPS) is 21.5. The van der Waals surface area contributed by atoms with Gasteiger partial charge in [-0.25, -0.2) is 0 Å². The van der Waals surface area contributed by atoms with E-state index in [0.29, 0.717) is 0 Å². The van der Waals surface area contributed by atoms with Gasteiger partial charge < -0.3 is 5.73 Å². The van der Waals surface area contributed by atoms with Gasteiger partial charge in [0.25, 0.3) is 0 Å². The Morgan fingerprint density at radius 2 is 2.54 bits per heavy atom. The Morgan fingerprint density at radius 1 is 1.69 bits per heavy atom. The first-order valence-corrected chi connectivity index (χ1v) is 5.01. The van der Waals surface area contributed by atoms with E-state index in [2.05, 4.69) is 5.10 Å². The highest BCUT2D eigenvalue weighted by Crippen LogP contribution is 2.26. The Kier molecular flexibility index (Phi) is 2.36. The lowest BCUT2D eigenvalue weighted by Crippen LogP contribution is -2.18. The third kappa shape index (κ3) is 1.61. The summed E-state index contributed by atoms with van der Waals surface area (Å²) < 4.78 is 2.01. The third-order valence-corrected chi connectivity index (χ3v) is 3.02. The maximum atomic E-state index is 5.56. The molecule has 0 aromatic carbocycles. The Hall–Kier alpha value is -0.830. The summed E-state index contributed by atoms with van der Waals surface area (Å²) in [6.45, 7) is 0.820. The molecule has 1 aromatic rings. The van der Waals surface area contributed by atoms with Crippen molar-refractivity contribution in [2.24, 2.45) is 18.7 Å². The highest BCUT2D eigenvalue weighted by molar-refractivity contribution is 5.21. The predicted octanol–water partition coefficient (Wildman–Crippen LogP) is 0.874. The van der Waals surface area contributed by atoms with Crippen LogP contribution in [0.3, 0.4) is 0 Å². The van der Waals surface area contributed by atoms with Gasteiger partial charge in [0.15, 0.2) is 0 Å². The van der Waals surface area contributed by atoms with Crippen molar-refractivity contribution < 1.29 is 0 Å². The van der Waals surface area contributed by atoms with Gasteiger partial charge in [-0.15, -0.1) is 0 Å². The number of hydrogen-bond donors (Lipinski definition) is 1. The summed E-state index contributed by atoms with van der Waals surface area (Å²) in [5.41, 5.74) is 8.43. The minimum atomic E-state index is 0.793. The Morgan fingerprint density at radius 3 is 3.31 bits per heavy atom. The molecule has 0 spiro atoms. The van der Waals surface area contributed by atoms with Crippen LogP contribution in [0.1, 0.15) is 24.1 Å². The van der Waals surface area contributed by atoms with Gasteiger partial charge >= 0.3 is 0 Å². The molecule has 1 aliphatic carbocycles. The fraction of sp³-hybridized carbons (Fsp3) is 0.700. The molecule has 1 atom stereocenters. The molecule has 0 bridgehead atoms. The maximum Gasteiger partial charge on any atom is 0.0524 e. The summed E-state index contributed by atoms with van der Waals surface area (Å²) in [4.78, 5) is 0. The molecule has 72 valence electrons. The van der Waals surface area contributed by atoms with Crippen LogP contribution in [0.5, 0.6) is 0 Å². The quantitative estimate of drug-likeness (QED) is 0.732. The molecule has 1 unspecified atom stereocenters. The Labute approximate surface area is 78.9 Å². The van der Waals surface area contributed by atoms with Crippen LogP contribution >= 0.6 is 0 Å². The molecular weight excluding hydrogens is 162 g/mol. The molecule has 1 aromatic heterocycles. The minimum Gasteiger partial charge on any atom is -0.330 e. The highest BCUT2D eigenvalue weighted by Gasteiger charge is 2.20. The van der Waals surface area contributed by atoms with Crippen molar-refractivity contribution in [2.75, 3.05) is 6.54 Å². The average molecular weight is 179 g/mol. The van der Waals surface area contributed by atoms with Gasteiger partial charge in [-0.3, -0.25) is 4.68 Å². The number of fused-ring (bicyclic) bond motifs is 1. The summed E-state index contributed by atoms with van der Waals surface area (Å²) in [6.07, 6.45) is 6.81. The van der Waals surface area contributed by atoms with Crippen molar-refractivity contribution >= 4 is 0 Å². The van der Waals surface area contributed by atoms with Gasteiger partial charge in [-0.1, -0.05) is 0 Å². The van der Waals surface area contributed by atoms with Gasteiger partial charge in [0.1, 0.15) is 0 Å². The topological polar surface area (TPSA) is 43.8 Å². The summed E-state index contributed by atoms with van der Waals surface area (Å²) >= 11 is 0. The van der Waals surface area contributed by atoms with E-state index in [4.69, 9.17) is 5.73 Å². The van der Waals surface area contributed by atoms with E-state index in [1.54, 1.807) is 0 Å². The van der Waals surface area contributed by atoms with Gasteiger partial charge in [0.2, 0.25) is 0 Å². The van der Waals surface area contributed by atoms with Crippen LogP contribution in [0.4, 0.5) is 0 Å². The zero-order chi connectivity index (χ0) is 9.26. The van der Waals surface area contributed by atoms with E-state index < -0.39 is 0 Å². The molecule has 1 heterocycles. The van der Waals surface area contributed by atoms with Crippen LogP contribution in [-0.2, 0) is 19.9 Å². The van der Waals surface area contributed by atoms with E-state index in [1.165, 1.54) is 30.5 Å². The second-order valence-corrected chi connectivity index (χ2v) is 3.93. The van der Waals surface area contributed by atoms with Crippen molar-refractivity contribution in [3.8, 4) is 0 Å². The van der Waals surface area contributed by atoms with Crippen LogP contribution in [0.15, 0.2) is 6.20 Å². The first kappa shape index (κ1) is 8.75. The molecule has 0 aliphatic heterocycles. The lowest BCUT2D eigenvalue weighted by Gasteiger charge is -2.21. The Bertz CT molecular complexity index is 290. The minimum absolute atomic E-state index is 0.793. The molecule has 0 radical (unpaired) electrons. The molecule has 1 aliphatic rings. The van der Waals surface area contributed by atoms with E-state index in [-0.39, 0.29) is 0 Å². The summed E-state index contributed by atoms with van der Waals surface area (Å²) in [5.74, 6) is 0.793. The molecule has 0 saturated heterocycles. The summed E-state index contributed by atoms with van der Waals surface area (Å²) in [5, 5.41) is 4.28. The number of hydrogen-bond acceptors (Lipinski definition) is 2. The van der Waals surface area contributed by atoms with Crippen LogP contribution < -0.4 is 5.73 Å². The average Bonchev–Trinajstić information content (AvgIpc) is 2.48. The number of rotatable bonds is 2. The van der Waals surface area contributed by atoms with Crippen LogP contribution in [0.2, 0.25) is 0 Å². The summed E-state index contributed by atoms with van der Waals surface area (Å²) in [6, 6.07) is 0. The van der Waals surface area contributed by atoms with Gasteiger partial charge in [0, 0.05) is 12.7 Å². The number of aryl methyl sites for hydroxylation is 1. The van der Waals surface area contributed by atoms with Gasteiger partial charge in [0.05, 0.1) is 6.20 Å². The SMILES string of the molecule is Cn1ncc2c1CCC(CCN)C2. The van der Waals surface area contributed by atoms with E-state index >= 15 is 0 Å². The molecule has 3 heteroatoms.